The van der Waals surface area contributed by atoms with Gasteiger partial charge in [0.15, 0.2) is 0 Å². The maximum atomic E-state index is 10.3. The Labute approximate surface area is 84.6 Å². The molecule has 76 valence electrons. The summed E-state index contributed by atoms with van der Waals surface area (Å²) < 4.78 is 0. The summed E-state index contributed by atoms with van der Waals surface area (Å²) in [5, 5.41) is 9.87. The molecule has 0 saturated heterocycles. The minimum Gasteiger partial charge on any atom is -0.507 e. The highest BCUT2D eigenvalue weighted by Crippen LogP contribution is 2.28. The molecule has 0 heterocycles. The van der Waals surface area contributed by atoms with Crippen LogP contribution in [0, 0.1) is 20.8 Å². The van der Waals surface area contributed by atoms with Crippen LogP contribution in [0.25, 0.3) is 0 Å². The van der Waals surface area contributed by atoms with Gasteiger partial charge in [-0.3, -0.25) is 0 Å². The second kappa shape index (κ2) is 4.27. The van der Waals surface area contributed by atoms with E-state index >= 15 is 0 Å². The Kier molecular flexibility index (Phi) is 3.28. The van der Waals surface area contributed by atoms with Crippen molar-refractivity contribution in [1.82, 2.24) is 0 Å². The third kappa shape index (κ3) is 1.95. The zero-order chi connectivity index (χ0) is 10.7. The number of aryl methyl sites for hydroxylation is 2. The Balaban J connectivity index is 3.15. The molecule has 0 radical (unpaired) electrons. The van der Waals surface area contributed by atoms with Gasteiger partial charge in [0.1, 0.15) is 12.0 Å². The van der Waals surface area contributed by atoms with Crippen molar-refractivity contribution in [2.24, 2.45) is 0 Å². The van der Waals surface area contributed by atoms with Crippen LogP contribution in [0.3, 0.4) is 0 Å². The fraction of sp³-hybridized carbons (Fsp3) is 0.417. The van der Waals surface area contributed by atoms with Crippen molar-refractivity contribution in [2.75, 3.05) is 0 Å². The topological polar surface area (TPSA) is 37.3 Å². The average molecular weight is 192 g/mol. The van der Waals surface area contributed by atoms with Gasteiger partial charge in [-0.1, -0.05) is 6.07 Å². The lowest BCUT2D eigenvalue weighted by Gasteiger charge is -2.12. The average Bonchev–Trinajstić information content (AvgIpc) is 2.14. The van der Waals surface area contributed by atoms with Gasteiger partial charge in [0.05, 0.1) is 0 Å². The van der Waals surface area contributed by atoms with E-state index in [-0.39, 0.29) is 0 Å². The van der Waals surface area contributed by atoms with Gasteiger partial charge in [0.2, 0.25) is 0 Å². The minimum absolute atomic E-state index is 0.351. The van der Waals surface area contributed by atoms with E-state index in [9.17, 15) is 9.90 Å². The van der Waals surface area contributed by atoms with E-state index in [0.29, 0.717) is 18.6 Å². The van der Waals surface area contributed by atoms with Crippen LogP contribution in [0.1, 0.15) is 28.7 Å². The summed E-state index contributed by atoms with van der Waals surface area (Å²) in [7, 11) is 0. The first-order valence-corrected chi connectivity index (χ1v) is 4.80. The van der Waals surface area contributed by atoms with Crippen molar-refractivity contribution < 1.29 is 9.90 Å². The van der Waals surface area contributed by atoms with E-state index in [0.717, 1.165) is 28.5 Å². The van der Waals surface area contributed by atoms with E-state index < -0.39 is 0 Å². The van der Waals surface area contributed by atoms with Crippen LogP contribution in [0.5, 0.6) is 5.75 Å². The number of carbonyl (C=O) groups excluding carboxylic acids is 1. The number of aromatic hydroxyl groups is 1. The quantitative estimate of drug-likeness (QED) is 0.747. The molecule has 1 aromatic carbocycles. The first kappa shape index (κ1) is 10.8. The third-order valence-corrected chi connectivity index (χ3v) is 2.65. The molecule has 0 amide bonds. The highest BCUT2D eigenvalue weighted by atomic mass is 16.3. The largest absolute Gasteiger partial charge is 0.507 e. The maximum Gasteiger partial charge on any atom is 0.122 e. The summed E-state index contributed by atoms with van der Waals surface area (Å²) in [6.45, 7) is 5.84. The Morgan fingerprint density at radius 1 is 1.29 bits per heavy atom. The number of carbonyl (C=O) groups is 1. The highest BCUT2D eigenvalue weighted by molar-refractivity contribution is 5.53. The molecular weight excluding hydrogens is 176 g/mol. The first-order chi connectivity index (χ1) is 6.57. The van der Waals surface area contributed by atoms with E-state index in [1.165, 1.54) is 0 Å². The number of benzene rings is 1. The summed E-state index contributed by atoms with van der Waals surface area (Å²) in [5.41, 5.74) is 3.97. The van der Waals surface area contributed by atoms with Crippen molar-refractivity contribution in [1.29, 1.82) is 0 Å². The SMILES string of the molecule is Cc1cc(C)c(CCC=O)c(O)c1C. The van der Waals surface area contributed by atoms with Crippen molar-refractivity contribution in [2.45, 2.75) is 33.6 Å². The standard InChI is InChI=1S/C12H16O2/c1-8-7-9(2)11(5-4-6-13)12(14)10(8)3/h6-7,14H,4-5H2,1-3H3. The number of phenolic OH excluding ortho intramolecular Hbond substituents is 1. The summed E-state index contributed by atoms with van der Waals surface area (Å²) in [5.74, 6) is 0.351. The predicted octanol–water partition coefficient (Wildman–Crippen LogP) is 2.45. The van der Waals surface area contributed by atoms with Crippen LogP contribution in [0.15, 0.2) is 6.07 Å². The van der Waals surface area contributed by atoms with Gasteiger partial charge in [-0.25, -0.2) is 0 Å². The van der Waals surface area contributed by atoms with Crippen LogP contribution in [-0.2, 0) is 11.2 Å². The number of aldehydes is 1. The molecule has 0 aromatic heterocycles. The molecule has 1 aromatic rings. The second-order valence-electron chi connectivity index (χ2n) is 3.67. The molecule has 0 unspecified atom stereocenters. The van der Waals surface area contributed by atoms with Gasteiger partial charge in [-0.2, -0.15) is 0 Å². The van der Waals surface area contributed by atoms with E-state index in [1.807, 2.05) is 20.8 Å². The van der Waals surface area contributed by atoms with Gasteiger partial charge in [0, 0.05) is 6.42 Å². The van der Waals surface area contributed by atoms with Crippen LogP contribution < -0.4 is 0 Å². The number of rotatable bonds is 3. The molecule has 0 fully saturated rings. The molecule has 0 aliphatic carbocycles. The Morgan fingerprint density at radius 3 is 2.50 bits per heavy atom. The summed E-state index contributed by atoms with van der Waals surface area (Å²) in [4.78, 5) is 10.3. The number of phenols is 1. The maximum absolute atomic E-state index is 10.3. The zero-order valence-electron chi connectivity index (χ0n) is 8.92. The number of hydrogen-bond acceptors (Lipinski definition) is 2. The van der Waals surface area contributed by atoms with Crippen molar-refractivity contribution in [3.8, 4) is 5.75 Å². The van der Waals surface area contributed by atoms with Gasteiger partial charge in [-0.05, 0) is 49.4 Å². The molecule has 2 nitrogen and oxygen atoms in total. The number of hydrogen-bond donors (Lipinski definition) is 1. The molecule has 0 aliphatic heterocycles. The van der Waals surface area contributed by atoms with E-state index in [4.69, 9.17) is 0 Å². The second-order valence-corrected chi connectivity index (χ2v) is 3.67. The fourth-order valence-corrected chi connectivity index (χ4v) is 1.64. The van der Waals surface area contributed by atoms with Crippen molar-refractivity contribution >= 4 is 6.29 Å². The smallest absolute Gasteiger partial charge is 0.122 e. The van der Waals surface area contributed by atoms with Crippen LogP contribution in [-0.4, -0.2) is 11.4 Å². The molecule has 1 N–H and O–H groups in total. The monoisotopic (exact) mass is 192 g/mol. The molecule has 14 heavy (non-hydrogen) atoms. The third-order valence-electron chi connectivity index (χ3n) is 2.65. The normalized spacial score (nSPS) is 10.2. The molecule has 0 atom stereocenters. The van der Waals surface area contributed by atoms with Gasteiger partial charge < -0.3 is 9.90 Å². The first-order valence-electron chi connectivity index (χ1n) is 4.80. The van der Waals surface area contributed by atoms with Crippen molar-refractivity contribution in [3.63, 3.8) is 0 Å². The summed E-state index contributed by atoms with van der Waals surface area (Å²) in [6, 6.07) is 2.05. The lowest BCUT2D eigenvalue weighted by atomic mass is 9.96. The molecular formula is C12H16O2. The molecule has 0 bridgehead atoms. The lowest BCUT2D eigenvalue weighted by molar-refractivity contribution is -0.107. The molecule has 0 spiro atoms. The van der Waals surface area contributed by atoms with Crippen LogP contribution >= 0.6 is 0 Å². The summed E-state index contributed by atoms with van der Waals surface area (Å²) >= 11 is 0. The zero-order valence-corrected chi connectivity index (χ0v) is 8.92. The Bertz CT molecular complexity index is 354. The minimum atomic E-state index is 0.351. The van der Waals surface area contributed by atoms with E-state index in [1.54, 1.807) is 0 Å². The van der Waals surface area contributed by atoms with Gasteiger partial charge in [-0.15, -0.1) is 0 Å². The molecule has 0 saturated carbocycles. The molecule has 1 rings (SSSR count). The lowest BCUT2D eigenvalue weighted by Crippen LogP contribution is -1.95. The van der Waals surface area contributed by atoms with E-state index in [2.05, 4.69) is 6.07 Å². The molecule has 2 heteroatoms. The molecule has 0 aliphatic rings. The van der Waals surface area contributed by atoms with Crippen LogP contribution in [0.4, 0.5) is 0 Å². The highest BCUT2D eigenvalue weighted by Gasteiger charge is 2.09. The van der Waals surface area contributed by atoms with Gasteiger partial charge in [0.25, 0.3) is 0 Å². The Morgan fingerprint density at radius 2 is 1.93 bits per heavy atom. The van der Waals surface area contributed by atoms with Crippen molar-refractivity contribution in [3.05, 3.63) is 28.3 Å². The predicted molar refractivity (Wildman–Crippen MR) is 56.7 cm³/mol. The Hall–Kier alpha value is -1.31. The van der Waals surface area contributed by atoms with Gasteiger partial charge >= 0.3 is 0 Å². The fourth-order valence-electron chi connectivity index (χ4n) is 1.64. The van der Waals surface area contributed by atoms with Crippen LogP contribution in [0.2, 0.25) is 0 Å². The summed E-state index contributed by atoms with van der Waals surface area (Å²) in [6.07, 6.45) is 1.98.